The fraction of sp³-hybridized carbons (Fsp3) is 0.333. The maximum absolute atomic E-state index is 10.2. The molecule has 2 N–H and O–H groups in total. The molecule has 0 fully saturated rings. The number of rotatable bonds is 7. The van der Waals surface area contributed by atoms with Crippen LogP contribution in [0.15, 0.2) is 54.6 Å². The molecular formula is C18H23NO2. The molecule has 0 bridgehead atoms. The second kappa shape index (κ2) is 7.81. The van der Waals surface area contributed by atoms with E-state index in [-0.39, 0.29) is 0 Å². The molecule has 21 heavy (non-hydrogen) atoms. The molecule has 2 rings (SSSR count). The Bertz CT molecular complexity index is 540. The average molecular weight is 285 g/mol. The monoisotopic (exact) mass is 285 g/mol. The molecule has 0 aliphatic carbocycles. The molecule has 1 unspecified atom stereocenters. The number of nitrogens with one attached hydrogen (secondary N) is 1. The Morgan fingerprint density at radius 2 is 1.67 bits per heavy atom. The highest BCUT2D eigenvalue weighted by molar-refractivity contribution is 5.34. The van der Waals surface area contributed by atoms with Gasteiger partial charge in [0.2, 0.25) is 0 Å². The van der Waals surface area contributed by atoms with Gasteiger partial charge in [0.1, 0.15) is 11.5 Å². The van der Waals surface area contributed by atoms with E-state index in [9.17, 15) is 5.11 Å². The number of para-hydroxylation sites is 1. The summed E-state index contributed by atoms with van der Waals surface area (Å²) >= 11 is 0. The topological polar surface area (TPSA) is 41.5 Å². The van der Waals surface area contributed by atoms with Gasteiger partial charge in [0.25, 0.3) is 0 Å². The first-order valence-corrected chi connectivity index (χ1v) is 7.37. The lowest BCUT2D eigenvalue weighted by Crippen LogP contribution is -2.25. The number of aliphatic hydroxyl groups excluding tert-OH is 1. The van der Waals surface area contributed by atoms with Gasteiger partial charge in [-0.05, 0) is 42.3 Å². The van der Waals surface area contributed by atoms with E-state index in [0.29, 0.717) is 12.5 Å². The normalized spacial score (nSPS) is 12.4. The van der Waals surface area contributed by atoms with E-state index in [1.54, 1.807) is 0 Å². The van der Waals surface area contributed by atoms with Crippen LogP contribution in [0.1, 0.15) is 25.5 Å². The Kier molecular flexibility index (Phi) is 5.78. The van der Waals surface area contributed by atoms with Gasteiger partial charge >= 0.3 is 0 Å². The summed E-state index contributed by atoms with van der Waals surface area (Å²) in [5, 5.41) is 13.5. The predicted octanol–water partition coefficient (Wildman–Crippen LogP) is 3.76. The first-order chi connectivity index (χ1) is 10.1. The summed E-state index contributed by atoms with van der Waals surface area (Å²) in [6.45, 7) is 5.74. The lowest BCUT2D eigenvalue weighted by Gasteiger charge is -2.14. The third kappa shape index (κ3) is 5.21. The molecule has 0 radical (unpaired) electrons. The van der Waals surface area contributed by atoms with Crippen molar-refractivity contribution in [2.75, 3.05) is 13.1 Å². The van der Waals surface area contributed by atoms with Crippen LogP contribution in [0.4, 0.5) is 0 Å². The summed E-state index contributed by atoms with van der Waals surface area (Å²) in [5.74, 6) is 2.11. The third-order valence-corrected chi connectivity index (χ3v) is 3.11. The van der Waals surface area contributed by atoms with E-state index in [4.69, 9.17) is 4.74 Å². The average Bonchev–Trinajstić information content (AvgIpc) is 2.48. The molecule has 3 heteroatoms. The number of ether oxygens (including phenoxy) is 1. The molecular weight excluding hydrogens is 262 g/mol. The molecule has 0 heterocycles. The lowest BCUT2D eigenvalue weighted by atomic mass is 10.1. The van der Waals surface area contributed by atoms with Gasteiger partial charge in [0, 0.05) is 6.54 Å². The highest BCUT2D eigenvalue weighted by Crippen LogP contribution is 2.24. The first-order valence-electron chi connectivity index (χ1n) is 7.37. The van der Waals surface area contributed by atoms with E-state index >= 15 is 0 Å². The number of benzene rings is 2. The van der Waals surface area contributed by atoms with Crippen LogP contribution in [0.2, 0.25) is 0 Å². The van der Waals surface area contributed by atoms with Gasteiger partial charge in [0.05, 0.1) is 6.10 Å². The molecule has 2 aromatic carbocycles. The van der Waals surface area contributed by atoms with E-state index < -0.39 is 6.10 Å². The molecule has 2 aromatic rings. The fourth-order valence-corrected chi connectivity index (χ4v) is 2.04. The van der Waals surface area contributed by atoms with Gasteiger partial charge in [-0.2, -0.15) is 0 Å². The van der Waals surface area contributed by atoms with Crippen LogP contribution in [0.3, 0.4) is 0 Å². The maximum Gasteiger partial charge on any atom is 0.127 e. The minimum absolute atomic E-state index is 0.525. The molecule has 0 aromatic heterocycles. The van der Waals surface area contributed by atoms with Gasteiger partial charge < -0.3 is 15.2 Å². The van der Waals surface area contributed by atoms with Gasteiger partial charge in [0.15, 0.2) is 0 Å². The highest BCUT2D eigenvalue weighted by Gasteiger charge is 2.08. The number of hydrogen-bond donors (Lipinski definition) is 2. The zero-order valence-corrected chi connectivity index (χ0v) is 12.6. The second-order valence-corrected chi connectivity index (χ2v) is 5.56. The Morgan fingerprint density at radius 3 is 2.38 bits per heavy atom. The molecule has 0 saturated carbocycles. The molecule has 0 aliphatic heterocycles. The third-order valence-electron chi connectivity index (χ3n) is 3.11. The summed E-state index contributed by atoms with van der Waals surface area (Å²) in [5.41, 5.74) is 0.861. The zero-order valence-electron chi connectivity index (χ0n) is 12.6. The number of hydrogen-bond acceptors (Lipinski definition) is 3. The molecule has 0 amide bonds. The van der Waals surface area contributed by atoms with Gasteiger partial charge in [-0.1, -0.05) is 44.2 Å². The van der Waals surface area contributed by atoms with Crippen molar-refractivity contribution in [3.8, 4) is 11.5 Å². The standard InChI is InChI=1S/C18H23NO2/c1-14(2)12-19-13-18(20)15-7-6-10-17(11-15)21-16-8-4-3-5-9-16/h3-11,14,18-20H,12-13H2,1-2H3. The first kappa shape index (κ1) is 15.5. The Morgan fingerprint density at radius 1 is 0.952 bits per heavy atom. The van der Waals surface area contributed by atoms with Crippen molar-refractivity contribution in [1.29, 1.82) is 0 Å². The SMILES string of the molecule is CC(C)CNCC(O)c1cccc(Oc2ccccc2)c1. The van der Waals surface area contributed by atoms with Gasteiger partial charge in [-0.15, -0.1) is 0 Å². The zero-order chi connectivity index (χ0) is 15.1. The highest BCUT2D eigenvalue weighted by atomic mass is 16.5. The van der Waals surface area contributed by atoms with Crippen LogP contribution < -0.4 is 10.1 Å². The van der Waals surface area contributed by atoms with Crippen molar-refractivity contribution >= 4 is 0 Å². The van der Waals surface area contributed by atoms with Crippen molar-refractivity contribution < 1.29 is 9.84 Å². The van der Waals surface area contributed by atoms with Gasteiger partial charge in [-0.25, -0.2) is 0 Å². The van der Waals surface area contributed by atoms with E-state index in [0.717, 1.165) is 23.6 Å². The van der Waals surface area contributed by atoms with Crippen molar-refractivity contribution in [2.45, 2.75) is 20.0 Å². The minimum Gasteiger partial charge on any atom is -0.457 e. The summed E-state index contributed by atoms with van der Waals surface area (Å²) < 4.78 is 5.78. The molecule has 112 valence electrons. The molecule has 0 saturated heterocycles. The predicted molar refractivity (Wildman–Crippen MR) is 85.6 cm³/mol. The molecule has 0 spiro atoms. The number of aliphatic hydroxyl groups is 1. The van der Waals surface area contributed by atoms with Crippen LogP contribution in [0, 0.1) is 5.92 Å². The molecule has 1 atom stereocenters. The maximum atomic E-state index is 10.2. The van der Waals surface area contributed by atoms with Crippen LogP contribution in [0.25, 0.3) is 0 Å². The summed E-state index contributed by atoms with van der Waals surface area (Å²) in [7, 11) is 0. The van der Waals surface area contributed by atoms with Crippen molar-refractivity contribution in [1.82, 2.24) is 5.32 Å². The molecule has 0 aliphatic rings. The summed E-state index contributed by atoms with van der Waals surface area (Å²) in [4.78, 5) is 0. The van der Waals surface area contributed by atoms with E-state index in [1.807, 2.05) is 54.6 Å². The van der Waals surface area contributed by atoms with Crippen molar-refractivity contribution in [3.05, 3.63) is 60.2 Å². The van der Waals surface area contributed by atoms with Crippen molar-refractivity contribution in [2.24, 2.45) is 5.92 Å². The van der Waals surface area contributed by atoms with Gasteiger partial charge in [-0.3, -0.25) is 0 Å². The Hall–Kier alpha value is -1.84. The largest absolute Gasteiger partial charge is 0.457 e. The molecule has 3 nitrogen and oxygen atoms in total. The summed E-state index contributed by atoms with van der Waals surface area (Å²) in [6.07, 6.45) is -0.525. The van der Waals surface area contributed by atoms with Crippen LogP contribution in [0.5, 0.6) is 11.5 Å². The van der Waals surface area contributed by atoms with Crippen LogP contribution >= 0.6 is 0 Å². The van der Waals surface area contributed by atoms with Crippen LogP contribution in [-0.2, 0) is 0 Å². The second-order valence-electron chi connectivity index (χ2n) is 5.56. The minimum atomic E-state index is -0.525. The lowest BCUT2D eigenvalue weighted by molar-refractivity contribution is 0.173. The van der Waals surface area contributed by atoms with Crippen LogP contribution in [-0.4, -0.2) is 18.2 Å². The Balaban J connectivity index is 1.97. The van der Waals surface area contributed by atoms with E-state index in [2.05, 4.69) is 19.2 Å². The van der Waals surface area contributed by atoms with E-state index in [1.165, 1.54) is 0 Å². The van der Waals surface area contributed by atoms with Crippen molar-refractivity contribution in [3.63, 3.8) is 0 Å². The quantitative estimate of drug-likeness (QED) is 0.814. The fourth-order valence-electron chi connectivity index (χ4n) is 2.04. The summed E-state index contributed by atoms with van der Waals surface area (Å²) in [6, 6.07) is 17.2. The smallest absolute Gasteiger partial charge is 0.127 e. The Labute approximate surface area is 126 Å².